The highest BCUT2D eigenvalue weighted by molar-refractivity contribution is 8.00. The number of carbonyl (C=O) groups excluding carboxylic acids is 1. The summed E-state index contributed by atoms with van der Waals surface area (Å²) in [6, 6.07) is 9.50. The van der Waals surface area contributed by atoms with Crippen molar-refractivity contribution >= 4 is 23.6 Å². The molecule has 0 radical (unpaired) electrons. The Morgan fingerprint density at radius 2 is 1.95 bits per heavy atom. The molecule has 0 saturated carbocycles. The summed E-state index contributed by atoms with van der Waals surface area (Å²) >= 11 is 1.41. The van der Waals surface area contributed by atoms with E-state index in [2.05, 4.69) is 5.32 Å². The first-order chi connectivity index (χ1) is 9.36. The topological polar surface area (TPSA) is 86.6 Å². The van der Waals surface area contributed by atoms with Crippen LogP contribution >= 0.6 is 11.8 Å². The highest BCUT2D eigenvalue weighted by atomic mass is 32.2. The average Bonchev–Trinajstić information content (AvgIpc) is 2.43. The second-order valence-electron chi connectivity index (χ2n) is 4.62. The van der Waals surface area contributed by atoms with Crippen molar-refractivity contribution in [2.45, 2.75) is 36.0 Å². The molecule has 2 atom stereocenters. The molecule has 0 fully saturated rings. The van der Waals surface area contributed by atoms with E-state index >= 15 is 0 Å². The van der Waals surface area contributed by atoms with Crippen molar-refractivity contribution in [1.82, 2.24) is 5.32 Å². The number of rotatable bonds is 7. The first kappa shape index (κ1) is 16.5. The predicted octanol–water partition coefficient (Wildman–Crippen LogP) is 1.51. The number of nitrogens with one attached hydrogen (secondary N) is 1. The number of benzene rings is 1. The van der Waals surface area contributed by atoms with E-state index < -0.39 is 11.6 Å². The highest BCUT2D eigenvalue weighted by Gasteiger charge is 2.31. The molecule has 0 heterocycles. The standard InChI is InChI=1S/C14H19NO4S/c1-3-11(20-10-7-5-4-6-8-10)12(16)15-9-14(2,19)13(17)18/h4-8,11,19H,3,9H2,1-2H3,(H,15,16)(H,17,18). The van der Waals surface area contributed by atoms with Gasteiger partial charge in [0.15, 0.2) is 5.60 Å². The van der Waals surface area contributed by atoms with Crippen molar-refractivity contribution in [1.29, 1.82) is 0 Å². The van der Waals surface area contributed by atoms with Crippen molar-refractivity contribution in [3.63, 3.8) is 0 Å². The van der Waals surface area contributed by atoms with E-state index in [1.807, 2.05) is 37.3 Å². The van der Waals surface area contributed by atoms with Crippen LogP contribution in [0.25, 0.3) is 0 Å². The molecule has 0 aromatic heterocycles. The first-order valence-electron chi connectivity index (χ1n) is 6.32. The van der Waals surface area contributed by atoms with Crippen LogP contribution in [0.3, 0.4) is 0 Å². The Kier molecular flexibility index (Phi) is 6.04. The van der Waals surface area contributed by atoms with Crippen LogP contribution < -0.4 is 5.32 Å². The molecule has 0 aliphatic carbocycles. The molecule has 0 saturated heterocycles. The lowest BCUT2D eigenvalue weighted by Gasteiger charge is -2.20. The lowest BCUT2D eigenvalue weighted by Crippen LogP contribution is -2.48. The molecule has 2 unspecified atom stereocenters. The number of carboxylic acids is 1. The van der Waals surface area contributed by atoms with Gasteiger partial charge in [0, 0.05) is 4.90 Å². The molecule has 5 nitrogen and oxygen atoms in total. The van der Waals surface area contributed by atoms with Crippen molar-refractivity contribution in [2.75, 3.05) is 6.54 Å². The Hall–Kier alpha value is -1.53. The minimum Gasteiger partial charge on any atom is -0.479 e. The van der Waals surface area contributed by atoms with Crippen LogP contribution in [0.15, 0.2) is 35.2 Å². The number of hydrogen-bond donors (Lipinski definition) is 3. The summed E-state index contributed by atoms with van der Waals surface area (Å²) in [4.78, 5) is 23.7. The summed E-state index contributed by atoms with van der Waals surface area (Å²) in [6.07, 6.45) is 0.612. The van der Waals surface area contributed by atoms with Gasteiger partial charge in [-0.25, -0.2) is 4.79 Å². The van der Waals surface area contributed by atoms with Gasteiger partial charge >= 0.3 is 5.97 Å². The maximum atomic E-state index is 12.0. The van der Waals surface area contributed by atoms with E-state index in [1.54, 1.807) is 0 Å². The number of hydrogen-bond acceptors (Lipinski definition) is 4. The minimum absolute atomic E-state index is 0.275. The minimum atomic E-state index is -1.95. The fraction of sp³-hybridized carbons (Fsp3) is 0.429. The van der Waals surface area contributed by atoms with Crippen LogP contribution in [0.4, 0.5) is 0 Å². The molecule has 0 spiro atoms. The van der Waals surface area contributed by atoms with Crippen molar-refractivity contribution in [3.8, 4) is 0 Å². The third-order valence-electron chi connectivity index (χ3n) is 2.75. The average molecular weight is 297 g/mol. The largest absolute Gasteiger partial charge is 0.479 e. The lowest BCUT2D eigenvalue weighted by molar-refractivity contribution is -0.156. The van der Waals surface area contributed by atoms with Gasteiger partial charge in [0.2, 0.25) is 5.91 Å². The molecule has 1 rings (SSSR count). The molecule has 0 aliphatic heterocycles. The molecule has 0 bridgehead atoms. The summed E-state index contributed by atoms with van der Waals surface area (Å²) in [6.45, 7) is 2.73. The first-order valence-corrected chi connectivity index (χ1v) is 7.20. The SMILES string of the molecule is CCC(Sc1ccccc1)C(=O)NCC(C)(O)C(=O)O. The Bertz CT molecular complexity index is 462. The molecule has 1 aromatic rings. The number of aliphatic hydroxyl groups is 1. The smallest absolute Gasteiger partial charge is 0.337 e. The summed E-state index contributed by atoms with van der Waals surface area (Å²) in [5.41, 5.74) is -1.95. The van der Waals surface area contributed by atoms with E-state index in [0.717, 1.165) is 11.8 Å². The van der Waals surface area contributed by atoms with E-state index in [-0.39, 0.29) is 17.7 Å². The Morgan fingerprint density at radius 1 is 1.35 bits per heavy atom. The van der Waals surface area contributed by atoms with Gasteiger partial charge in [-0.1, -0.05) is 25.1 Å². The third-order valence-corrected chi connectivity index (χ3v) is 4.13. The van der Waals surface area contributed by atoms with Gasteiger partial charge < -0.3 is 15.5 Å². The van der Waals surface area contributed by atoms with E-state index in [4.69, 9.17) is 5.11 Å². The molecule has 20 heavy (non-hydrogen) atoms. The Balaban J connectivity index is 2.58. The molecule has 0 aliphatic rings. The number of thioether (sulfide) groups is 1. The fourth-order valence-corrected chi connectivity index (χ4v) is 2.43. The summed E-state index contributed by atoms with van der Waals surface area (Å²) in [5.74, 6) is -1.63. The molecule has 110 valence electrons. The number of amides is 1. The van der Waals surface area contributed by atoms with Crippen molar-refractivity contribution < 1.29 is 19.8 Å². The maximum Gasteiger partial charge on any atom is 0.337 e. The zero-order valence-electron chi connectivity index (χ0n) is 11.5. The van der Waals surface area contributed by atoms with Gasteiger partial charge in [-0.2, -0.15) is 0 Å². The van der Waals surface area contributed by atoms with Crippen LogP contribution in [0.2, 0.25) is 0 Å². The Labute approximate surface area is 122 Å². The van der Waals surface area contributed by atoms with Crippen LogP contribution in [-0.4, -0.2) is 39.5 Å². The quantitative estimate of drug-likeness (QED) is 0.664. The second kappa shape index (κ2) is 7.31. The van der Waals surface area contributed by atoms with Gasteiger partial charge in [-0.3, -0.25) is 4.79 Å². The summed E-state index contributed by atoms with van der Waals surface area (Å²) in [7, 11) is 0. The van der Waals surface area contributed by atoms with Gasteiger partial charge in [0.1, 0.15) is 0 Å². The zero-order chi connectivity index (χ0) is 15.2. The van der Waals surface area contributed by atoms with Crippen molar-refractivity contribution in [3.05, 3.63) is 30.3 Å². The van der Waals surface area contributed by atoms with Crippen LogP contribution in [0, 0.1) is 0 Å². The second-order valence-corrected chi connectivity index (χ2v) is 5.90. The molecule has 1 amide bonds. The monoisotopic (exact) mass is 297 g/mol. The lowest BCUT2D eigenvalue weighted by atomic mass is 10.1. The van der Waals surface area contributed by atoms with Crippen LogP contribution in [-0.2, 0) is 9.59 Å². The van der Waals surface area contributed by atoms with Gasteiger partial charge in [0.05, 0.1) is 11.8 Å². The van der Waals surface area contributed by atoms with Crippen LogP contribution in [0.1, 0.15) is 20.3 Å². The fourth-order valence-electron chi connectivity index (χ4n) is 1.43. The summed E-state index contributed by atoms with van der Waals surface area (Å²) < 4.78 is 0. The number of aliphatic carboxylic acids is 1. The molecular formula is C14H19NO4S. The zero-order valence-corrected chi connectivity index (χ0v) is 12.3. The van der Waals surface area contributed by atoms with E-state index in [1.165, 1.54) is 11.8 Å². The molecular weight excluding hydrogens is 278 g/mol. The summed E-state index contributed by atoms with van der Waals surface area (Å²) in [5, 5.41) is 20.5. The van der Waals surface area contributed by atoms with Gasteiger partial charge in [-0.15, -0.1) is 11.8 Å². The molecule has 1 aromatic carbocycles. The third kappa shape index (κ3) is 4.86. The maximum absolute atomic E-state index is 12.0. The molecule has 3 N–H and O–H groups in total. The van der Waals surface area contributed by atoms with Gasteiger partial charge in [0.25, 0.3) is 0 Å². The van der Waals surface area contributed by atoms with Crippen LogP contribution in [0.5, 0.6) is 0 Å². The number of carbonyl (C=O) groups is 2. The van der Waals surface area contributed by atoms with Gasteiger partial charge in [-0.05, 0) is 25.5 Å². The van der Waals surface area contributed by atoms with E-state index in [9.17, 15) is 14.7 Å². The molecule has 6 heteroatoms. The van der Waals surface area contributed by atoms with Crippen molar-refractivity contribution in [2.24, 2.45) is 0 Å². The van der Waals surface area contributed by atoms with E-state index in [0.29, 0.717) is 6.42 Å². The predicted molar refractivity (Wildman–Crippen MR) is 77.6 cm³/mol. The number of carboxylic acid groups (broad SMARTS) is 1. The Morgan fingerprint density at radius 3 is 2.45 bits per heavy atom. The normalized spacial score (nSPS) is 15.2. The highest BCUT2D eigenvalue weighted by Crippen LogP contribution is 2.25.